The van der Waals surface area contributed by atoms with Crippen molar-refractivity contribution in [2.45, 2.75) is 6.54 Å². The van der Waals surface area contributed by atoms with E-state index in [4.69, 9.17) is 15.2 Å². The van der Waals surface area contributed by atoms with Crippen LogP contribution >= 0.6 is 0 Å². The predicted octanol–water partition coefficient (Wildman–Crippen LogP) is 3.30. The summed E-state index contributed by atoms with van der Waals surface area (Å²) >= 11 is 0. The van der Waals surface area contributed by atoms with Crippen LogP contribution in [0.15, 0.2) is 58.8 Å². The van der Waals surface area contributed by atoms with Gasteiger partial charge in [-0.2, -0.15) is 9.97 Å². The first-order chi connectivity index (χ1) is 16.5. The molecule has 0 aliphatic carbocycles. The minimum Gasteiger partial charge on any atom is -0.507 e. The van der Waals surface area contributed by atoms with Crippen LogP contribution in [0, 0.1) is 0 Å². The van der Waals surface area contributed by atoms with Crippen molar-refractivity contribution in [1.29, 1.82) is 0 Å². The number of carboxylic acids is 1. The van der Waals surface area contributed by atoms with Crippen molar-refractivity contribution >= 4 is 34.6 Å². The zero-order chi connectivity index (χ0) is 24.1. The Morgan fingerprint density at radius 3 is 2.62 bits per heavy atom. The van der Waals surface area contributed by atoms with Crippen LogP contribution in [0.25, 0.3) is 11.2 Å². The van der Waals surface area contributed by atoms with Crippen LogP contribution < -0.4 is 10.5 Å². The summed E-state index contributed by atoms with van der Waals surface area (Å²) in [6.45, 7) is 0.949. The van der Waals surface area contributed by atoms with Gasteiger partial charge in [-0.3, -0.25) is 4.57 Å². The van der Waals surface area contributed by atoms with Gasteiger partial charge in [0.1, 0.15) is 17.9 Å². The molecule has 0 radical (unpaired) electrons. The van der Waals surface area contributed by atoms with E-state index in [0.29, 0.717) is 24.3 Å². The van der Waals surface area contributed by atoms with Crippen molar-refractivity contribution in [3.8, 4) is 11.8 Å². The number of nitrogen functional groups attached to an aromatic ring is 1. The molecule has 0 saturated heterocycles. The summed E-state index contributed by atoms with van der Waals surface area (Å²) in [5.41, 5.74) is 7.76. The monoisotopic (exact) mass is 463 g/mol. The smallest absolute Gasteiger partial charge is 0.339 e. The second-order valence-electron chi connectivity index (χ2n) is 7.09. The summed E-state index contributed by atoms with van der Waals surface area (Å²) in [4.78, 5) is 24.4. The number of hydrogen-bond donors (Lipinski definition) is 3. The lowest BCUT2D eigenvalue weighted by molar-refractivity contribution is 0.0693. The number of ether oxygens (including phenoxy) is 2. The standard InChI is InChI=1S/C22H21N7O5/c1-33-9-10-34-22-25-18(28-27-14-7-8-16(30)15(11-14)20(31)32)17-19(26-22)29(21(23)24-17)12-13-5-3-2-4-6-13/h2-8,11,30H,9-10,12H2,1H3,(H2,23,24)(H,31,32). The van der Waals surface area contributed by atoms with E-state index in [9.17, 15) is 15.0 Å². The van der Waals surface area contributed by atoms with Crippen molar-refractivity contribution in [3.63, 3.8) is 0 Å². The lowest BCUT2D eigenvalue weighted by Gasteiger charge is -2.08. The number of imidazole rings is 1. The summed E-state index contributed by atoms with van der Waals surface area (Å²) in [5, 5.41) is 27.1. The predicted molar refractivity (Wildman–Crippen MR) is 122 cm³/mol. The fourth-order valence-corrected chi connectivity index (χ4v) is 3.12. The fraction of sp³-hybridized carbons (Fsp3) is 0.182. The average molecular weight is 463 g/mol. The van der Waals surface area contributed by atoms with Gasteiger partial charge in [-0.05, 0) is 23.8 Å². The number of nitrogens with zero attached hydrogens (tertiary/aromatic N) is 6. The molecule has 174 valence electrons. The van der Waals surface area contributed by atoms with E-state index in [0.717, 1.165) is 5.56 Å². The number of carbonyl (C=O) groups is 1. The Hall–Kier alpha value is -4.58. The zero-order valence-corrected chi connectivity index (χ0v) is 18.1. The maximum Gasteiger partial charge on any atom is 0.339 e. The molecule has 34 heavy (non-hydrogen) atoms. The van der Waals surface area contributed by atoms with Gasteiger partial charge < -0.3 is 25.4 Å². The number of aromatic hydroxyl groups is 1. The van der Waals surface area contributed by atoms with Gasteiger partial charge in [0.05, 0.1) is 18.8 Å². The quantitative estimate of drug-likeness (QED) is 0.249. The zero-order valence-electron chi connectivity index (χ0n) is 18.1. The number of carboxylic acid groups (broad SMARTS) is 1. The maximum atomic E-state index is 11.3. The van der Waals surface area contributed by atoms with Crippen molar-refractivity contribution in [1.82, 2.24) is 19.5 Å². The Balaban J connectivity index is 1.77. The van der Waals surface area contributed by atoms with Crippen LogP contribution in [0.3, 0.4) is 0 Å². The van der Waals surface area contributed by atoms with E-state index in [1.807, 2.05) is 30.3 Å². The van der Waals surface area contributed by atoms with Gasteiger partial charge in [0.2, 0.25) is 11.8 Å². The number of anilines is 1. The number of methoxy groups -OCH3 is 1. The average Bonchev–Trinajstić information content (AvgIpc) is 3.14. The minimum absolute atomic E-state index is 0.0321. The molecule has 0 bridgehead atoms. The van der Waals surface area contributed by atoms with Gasteiger partial charge >= 0.3 is 12.0 Å². The molecule has 2 aromatic carbocycles. The largest absolute Gasteiger partial charge is 0.507 e. The highest BCUT2D eigenvalue weighted by molar-refractivity contribution is 5.91. The summed E-state index contributed by atoms with van der Waals surface area (Å²) in [7, 11) is 1.55. The lowest BCUT2D eigenvalue weighted by atomic mass is 10.2. The Morgan fingerprint density at radius 2 is 1.88 bits per heavy atom. The van der Waals surface area contributed by atoms with Gasteiger partial charge in [-0.15, -0.1) is 10.2 Å². The summed E-state index contributed by atoms with van der Waals surface area (Å²) in [6.07, 6.45) is 0. The highest BCUT2D eigenvalue weighted by Crippen LogP contribution is 2.30. The molecule has 12 heteroatoms. The molecule has 4 rings (SSSR count). The summed E-state index contributed by atoms with van der Waals surface area (Å²) < 4.78 is 12.3. The first-order valence-electron chi connectivity index (χ1n) is 10.1. The lowest BCUT2D eigenvalue weighted by Crippen LogP contribution is -2.08. The van der Waals surface area contributed by atoms with Gasteiger partial charge in [-0.25, -0.2) is 9.78 Å². The molecule has 0 atom stereocenters. The topological polar surface area (TPSA) is 170 Å². The number of hydrogen-bond acceptors (Lipinski definition) is 10. The molecule has 0 spiro atoms. The third-order valence-electron chi connectivity index (χ3n) is 4.76. The van der Waals surface area contributed by atoms with E-state index >= 15 is 0 Å². The minimum atomic E-state index is -1.29. The first-order valence-corrected chi connectivity index (χ1v) is 10.1. The number of fused-ring (bicyclic) bond motifs is 1. The second-order valence-corrected chi connectivity index (χ2v) is 7.09. The van der Waals surface area contributed by atoms with E-state index in [-0.39, 0.29) is 41.4 Å². The molecular formula is C22H21N7O5. The number of azo groups is 1. The number of benzene rings is 2. The highest BCUT2D eigenvalue weighted by Gasteiger charge is 2.18. The summed E-state index contributed by atoms with van der Waals surface area (Å²) in [6, 6.07) is 13.5. The van der Waals surface area contributed by atoms with Crippen molar-refractivity contribution < 1.29 is 24.5 Å². The molecule has 12 nitrogen and oxygen atoms in total. The summed E-state index contributed by atoms with van der Waals surface area (Å²) in [5.74, 6) is -1.38. The number of aromatic carboxylic acids is 1. The SMILES string of the molecule is COCCOc1nc(N=Nc2ccc(O)c(C(=O)O)c2)c2nc(N)n(Cc3ccccc3)c2n1. The molecule has 4 aromatic rings. The van der Waals surface area contributed by atoms with Gasteiger partial charge in [0.15, 0.2) is 11.2 Å². The highest BCUT2D eigenvalue weighted by atomic mass is 16.5. The Bertz CT molecular complexity index is 1360. The normalized spacial score (nSPS) is 11.3. The van der Waals surface area contributed by atoms with Crippen LogP contribution in [-0.4, -0.2) is 56.0 Å². The third-order valence-corrected chi connectivity index (χ3v) is 4.76. The van der Waals surface area contributed by atoms with E-state index < -0.39 is 5.97 Å². The molecule has 2 heterocycles. The third kappa shape index (κ3) is 4.91. The van der Waals surface area contributed by atoms with Crippen LogP contribution in [-0.2, 0) is 11.3 Å². The Morgan fingerprint density at radius 1 is 1.09 bits per heavy atom. The molecular weight excluding hydrogens is 442 g/mol. The van der Waals surface area contributed by atoms with Crippen molar-refractivity contribution in [3.05, 3.63) is 59.7 Å². The van der Waals surface area contributed by atoms with Gasteiger partial charge in [0.25, 0.3) is 0 Å². The van der Waals surface area contributed by atoms with Gasteiger partial charge in [-0.1, -0.05) is 30.3 Å². The molecule has 0 amide bonds. The van der Waals surface area contributed by atoms with E-state index in [1.165, 1.54) is 18.2 Å². The van der Waals surface area contributed by atoms with Crippen LogP contribution in [0.2, 0.25) is 0 Å². The molecule has 0 fully saturated rings. The Labute approximate surface area is 193 Å². The molecule has 4 N–H and O–H groups in total. The van der Waals surface area contributed by atoms with Crippen molar-refractivity contribution in [2.24, 2.45) is 10.2 Å². The fourth-order valence-electron chi connectivity index (χ4n) is 3.12. The number of phenols is 1. The molecule has 2 aromatic heterocycles. The Kier molecular flexibility index (Phi) is 6.59. The maximum absolute atomic E-state index is 11.3. The molecule has 0 aliphatic heterocycles. The molecule has 0 unspecified atom stereocenters. The van der Waals surface area contributed by atoms with Crippen LogP contribution in [0.1, 0.15) is 15.9 Å². The van der Waals surface area contributed by atoms with Crippen LogP contribution in [0.4, 0.5) is 17.5 Å². The first kappa shape index (κ1) is 22.6. The van der Waals surface area contributed by atoms with E-state index in [2.05, 4.69) is 25.2 Å². The number of aromatic nitrogens is 4. The second kappa shape index (κ2) is 9.92. The molecule has 0 aliphatic rings. The van der Waals surface area contributed by atoms with Crippen molar-refractivity contribution in [2.75, 3.05) is 26.1 Å². The number of nitrogens with two attached hydrogens (primary N) is 1. The number of rotatable bonds is 9. The van der Waals surface area contributed by atoms with E-state index in [1.54, 1.807) is 11.7 Å². The van der Waals surface area contributed by atoms with Gasteiger partial charge in [0, 0.05) is 7.11 Å². The molecule has 0 saturated carbocycles. The van der Waals surface area contributed by atoms with Crippen LogP contribution in [0.5, 0.6) is 11.8 Å².